The molecule has 0 aliphatic carbocycles. The molecule has 0 aliphatic rings. The van der Waals surface area contributed by atoms with Gasteiger partial charge in [0.05, 0.1) is 12.4 Å². The van der Waals surface area contributed by atoms with Crippen LogP contribution in [0, 0.1) is 6.92 Å². The van der Waals surface area contributed by atoms with Crippen molar-refractivity contribution in [2.45, 2.75) is 30.4 Å². The molecule has 166 valence electrons. The van der Waals surface area contributed by atoms with Crippen LogP contribution < -0.4 is 20.7 Å². The third-order valence-corrected chi connectivity index (χ3v) is 6.24. The van der Waals surface area contributed by atoms with E-state index in [0.29, 0.717) is 17.3 Å². The van der Waals surface area contributed by atoms with Crippen LogP contribution in [-0.4, -0.2) is 23.4 Å². The Kier molecular flexibility index (Phi) is 8.53. The molecular weight excluding hydrogens is 438 g/mol. The van der Waals surface area contributed by atoms with Gasteiger partial charge in [-0.3, -0.25) is 4.79 Å². The Morgan fingerprint density at radius 2 is 1.59 bits per heavy atom. The smallest absolute Gasteiger partial charge is 0.237 e. The highest BCUT2D eigenvalue weighted by Crippen LogP contribution is 2.29. The Morgan fingerprint density at radius 1 is 0.938 bits per heavy atom. The molecule has 5 nitrogen and oxygen atoms in total. The van der Waals surface area contributed by atoms with Gasteiger partial charge in [0.2, 0.25) is 5.91 Å². The van der Waals surface area contributed by atoms with Gasteiger partial charge in [-0.2, -0.15) is 0 Å². The molecule has 32 heavy (non-hydrogen) atoms. The lowest BCUT2D eigenvalue weighted by molar-refractivity contribution is -0.115. The average molecular weight is 466 g/mol. The van der Waals surface area contributed by atoms with E-state index in [1.54, 1.807) is 7.11 Å². The minimum absolute atomic E-state index is 0.0410. The number of hydrogen-bond acceptors (Lipinski definition) is 4. The quantitative estimate of drug-likeness (QED) is 0.267. The number of thioether (sulfide) groups is 1. The number of ether oxygens (including phenoxy) is 1. The zero-order valence-corrected chi connectivity index (χ0v) is 20.0. The van der Waals surface area contributed by atoms with E-state index >= 15 is 0 Å². The van der Waals surface area contributed by atoms with Crippen LogP contribution >= 0.6 is 24.0 Å². The van der Waals surface area contributed by atoms with E-state index in [1.807, 2.05) is 86.6 Å². The molecule has 3 aromatic rings. The molecule has 0 radical (unpaired) electrons. The third-order valence-electron chi connectivity index (χ3n) is 4.68. The first-order valence-corrected chi connectivity index (χ1v) is 11.6. The molecule has 1 atom stereocenters. The number of methoxy groups -OCH3 is 1. The van der Waals surface area contributed by atoms with Gasteiger partial charge in [-0.05, 0) is 68.0 Å². The van der Waals surface area contributed by atoms with Gasteiger partial charge in [-0.1, -0.05) is 36.8 Å². The monoisotopic (exact) mass is 465 g/mol. The standard InChI is InChI=1S/C25H27N3O2S2/c1-4-23(24(29)26-19-7-5-9-21(15-19)30-3)32-22-10-6-8-20(16-22)28-25(31)27-18-13-11-17(2)12-14-18/h5-16,23H,4H2,1-3H3,(H,26,29)(H2,27,28,31). The molecule has 7 heteroatoms. The number of nitrogens with one attached hydrogen (secondary N) is 3. The number of aryl methyl sites for hydroxylation is 1. The highest BCUT2D eigenvalue weighted by atomic mass is 32.2. The van der Waals surface area contributed by atoms with Crippen molar-refractivity contribution in [2.24, 2.45) is 0 Å². The summed E-state index contributed by atoms with van der Waals surface area (Å²) in [6, 6.07) is 23.3. The first kappa shape index (κ1) is 23.6. The van der Waals surface area contributed by atoms with Gasteiger partial charge in [-0.15, -0.1) is 11.8 Å². The topological polar surface area (TPSA) is 62.4 Å². The van der Waals surface area contributed by atoms with Gasteiger partial charge in [0.25, 0.3) is 0 Å². The van der Waals surface area contributed by atoms with E-state index in [2.05, 4.69) is 16.0 Å². The first-order valence-electron chi connectivity index (χ1n) is 10.3. The second-order valence-electron chi connectivity index (χ2n) is 7.21. The molecule has 3 N–H and O–H groups in total. The summed E-state index contributed by atoms with van der Waals surface area (Å²) in [4.78, 5) is 13.8. The second-order valence-corrected chi connectivity index (χ2v) is 8.89. The highest BCUT2D eigenvalue weighted by Gasteiger charge is 2.18. The fraction of sp³-hybridized carbons (Fsp3) is 0.200. The van der Waals surface area contributed by atoms with E-state index < -0.39 is 0 Å². The zero-order chi connectivity index (χ0) is 22.9. The number of carbonyl (C=O) groups excluding carboxylic acids is 1. The molecule has 1 amide bonds. The summed E-state index contributed by atoms with van der Waals surface area (Å²) in [5.41, 5.74) is 3.71. The van der Waals surface area contributed by atoms with Gasteiger partial charge < -0.3 is 20.7 Å². The van der Waals surface area contributed by atoms with Crippen molar-refractivity contribution in [1.29, 1.82) is 0 Å². The minimum atomic E-state index is -0.228. The first-order chi connectivity index (χ1) is 15.5. The number of hydrogen-bond donors (Lipinski definition) is 3. The van der Waals surface area contributed by atoms with Crippen LogP contribution in [0.15, 0.2) is 77.7 Å². The molecule has 0 saturated carbocycles. The molecule has 0 bridgehead atoms. The number of benzene rings is 3. The van der Waals surface area contributed by atoms with Gasteiger partial charge in [0, 0.05) is 28.0 Å². The average Bonchev–Trinajstić information content (AvgIpc) is 2.79. The Hall–Kier alpha value is -3.03. The lowest BCUT2D eigenvalue weighted by Crippen LogP contribution is -2.24. The Labute approximate surface area is 199 Å². The Balaban J connectivity index is 1.60. The maximum absolute atomic E-state index is 12.8. The Morgan fingerprint density at radius 3 is 2.28 bits per heavy atom. The van der Waals surface area contributed by atoms with E-state index in [1.165, 1.54) is 17.3 Å². The second kappa shape index (κ2) is 11.5. The van der Waals surface area contributed by atoms with Crippen molar-refractivity contribution in [1.82, 2.24) is 0 Å². The summed E-state index contributed by atoms with van der Waals surface area (Å²) in [5.74, 6) is 0.665. The van der Waals surface area contributed by atoms with Crippen LogP contribution in [0.5, 0.6) is 5.75 Å². The maximum atomic E-state index is 12.8. The van der Waals surface area contributed by atoms with Crippen molar-refractivity contribution in [3.63, 3.8) is 0 Å². The summed E-state index contributed by atoms with van der Waals surface area (Å²) >= 11 is 6.96. The molecule has 1 unspecified atom stereocenters. The molecule has 0 fully saturated rings. The normalized spacial score (nSPS) is 11.3. The van der Waals surface area contributed by atoms with E-state index in [9.17, 15) is 4.79 Å². The lowest BCUT2D eigenvalue weighted by atomic mass is 10.2. The van der Waals surface area contributed by atoms with Crippen LogP contribution in [0.2, 0.25) is 0 Å². The molecule has 3 aromatic carbocycles. The molecule has 0 aliphatic heterocycles. The minimum Gasteiger partial charge on any atom is -0.497 e. The predicted molar refractivity (Wildman–Crippen MR) is 139 cm³/mol. The number of carbonyl (C=O) groups is 1. The number of rotatable bonds is 8. The van der Waals surface area contributed by atoms with Crippen LogP contribution in [0.25, 0.3) is 0 Å². The maximum Gasteiger partial charge on any atom is 0.237 e. The SMILES string of the molecule is CCC(Sc1cccc(NC(=S)Nc2ccc(C)cc2)c1)C(=O)Nc1cccc(OC)c1. The lowest BCUT2D eigenvalue weighted by Gasteiger charge is -2.16. The number of amides is 1. The molecule has 0 spiro atoms. The largest absolute Gasteiger partial charge is 0.497 e. The molecular formula is C25H27N3O2S2. The van der Waals surface area contributed by atoms with Crippen LogP contribution in [-0.2, 0) is 4.79 Å². The van der Waals surface area contributed by atoms with Crippen molar-refractivity contribution in [3.05, 3.63) is 78.4 Å². The highest BCUT2D eigenvalue weighted by molar-refractivity contribution is 8.00. The summed E-state index contributed by atoms with van der Waals surface area (Å²) in [7, 11) is 1.61. The van der Waals surface area contributed by atoms with Crippen molar-refractivity contribution < 1.29 is 9.53 Å². The third kappa shape index (κ3) is 7.00. The van der Waals surface area contributed by atoms with E-state index in [0.717, 1.165) is 22.0 Å². The summed E-state index contributed by atoms with van der Waals surface area (Å²) in [6.45, 7) is 4.05. The van der Waals surface area contributed by atoms with Crippen molar-refractivity contribution >= 4 is 52.1 Å². The Bertz CT molecular complexity index is 1070. The van der Waals surface area contributed by atoms with Crippen molar-refractivity contribution in [3.8, 4) is 5.75 Å². The van der Waals surface area contributed by atoms with Gasteiger partial charge >= 0.3 is 0 Å². The predicted octanol–water partition coefficient (Wildman–Crippen LogP) is 6.32. The summed E-state index contributed by atoms with van der Waals surface area (Å²) < 4.78 is 5.23. The fourth-order valence-corrected chi connectivity index (χ4v) is 4.24. The molecule has 0 saturated heterocycles. The van der Waals surface area contributed by atoms with Crippen LogP contribution in [0.1, 0.15) is 18.9 Å². The van der Waals surface area contributed by atoms with Gasteiger partial charge in [-0.25, -0.2) is 0 Å². The number of anilines is 3. The van der Waals surface area contributed by atoms with Crippen molar-refractivity contribution in [2.75, 3.05) is 23.1 Å². The summed E-state index contributed by atoms with van der Waals surface area (Å²) in [6.07, 6.45) is 0.700. The van der Waals surface area contributed by atoms with E-state index in [4.69, 9.17) is 17.0 Å². The fourth-order valence-electron chi connectivity index (χ4n) is 2.99. The van der Waals surface area contributed by atoms with Gasteiger partial charge in [0.1, 0.15) is 5.75 Å². The van der Waals surface area contributed by atoms with Crippen LogP contribution in [0.3, 0.4) is 0 Å². The number of thiocarbonyl (C=S) groups is 1. The molecule has 3 rings (SSSR count). The van der Waals surface area contributed by atoms with Crippen LogP contribution in [0.4, 0.5) is 17.1 Å². The van der Waals surface area contributed by atoms with Gasteiger partial charge in [0.15, 0.2) is 5.11 Å². The summed E-state index contributed by atoms with van der Waals surface area (Å²) in [5, 5.41) is 9.66. The molecule has 0 heterocycles. The zero-order valence-electron chi connectivity index (χ0n) is 18.3. The molecule has 0 aromatic heterocycles. The van der Waals surface area contributed by atoms with E-state index in [-0.39, 0.29) is 11.2 Å².